The molecule has 0 aromatic carbocycles. The second-order valence-corrected chi connectivity index (χ2v) is 12.3. The number of unbranched alkanes of at least 4 members (excludes halogenated alkanes) is 11. The van der Waals surface area contributed by atoms with E-state index in [1.807, 2.05) is 0 Å². The maximum atomic E-state index is 11.9. The van der Waals surface area contributed by atoms with Gasteiger partial charge in [-0.2, -0.15) is 0 Å². The highest BCUT2D eigenvalue weighted by Gasteiger charge is 2.11. The molecular formula is C43H70O5. The Labute approximate surface area is 295 Å². The quantitative estimate of drug-likeness (QED) is 0.0429. The summed E-state index contributed by atoms with van der Waals surface area (Å²) in [6.07, 6.45) is 52.1. The Kier molecular flexibility index (Phi) is 36.2. The number of hydrogen-bond donors (Lipinski definition) is 1. The average molecular weight is 667 g/mol. The number of aliphatic hydroxyl groups is 1. The summed E-state index contributed by atoms with van der Waals surface area (Å²) in [7, 11) is 0. The molecule has 0 rings (SSSR count). The SMILES string of the molecule is CCCCC/C=C\C/C=C\C/C=C\C/C=C\CCCC(=O)OC[C@H](O)COC(=O)CCC/C=C\C/C=C\C/C=C\CCCCCCCC. The Balaban J connectivity index is 3.65. The Morgan fingerprint density at radius 2 is 0.729 bits per heavy atom. The van der Waals surface area contributed by atoms with Crippen LogP contribution in [0.25, 0.3) is 0 Å². The van der Waals surface area contributed by atoms with Gasteiger partial charge in [-0.1, -0.05) is 144 Å². The van der Waals surface area contributed by atoms with Crippen molar-refractivity contribution in [2.45, 2.75) is 161 Å². The van der Waals surface area contributed by atoms with E-state index in [1.54, 1.807) is 0 Å². The van der Waals surface area contributed by atoms with Crippen molar-refractivity contribution >= 4 is 11.9 Å². The van der Waals surface area contributed by atoms with Crippen LogP contribution in [0.1, 0.15) is 155 Å². The summed E-state index contributed by atoms with van der Waals surface area (Å²) in [5.41, 5.74) is 0. The van der Waals surface area contributed by atoms with Crippen LogP contribution in [-0.4, -0.2) is 36.4 Å². The molecule has 1 N–H and O–H groups in total. The fourth-order valence-electron chi connectivity index (χ4n) is 4.68. The molecule has 0 saturated heterocycles. The Morgan fingerprint density at radius 3 is 1.12 bits per heavy atom. The summed E-state index contributed by atoms with van der Waals surface area (Å²) < 4.78 is 10.2. The van der Waals surface area contributed by atoms with E-state index in [2.05, 4.69) is 98.9 Å². The van der Waals surface area contributed by atoms with E-state index >= 15 is 0 Å². The molecule has 0 heterocycles. The summed E-state index contributed by atoms with van der Waals surface area (Å²) in [6.45, 7) is 4.15. The number of carbonyl (C=O) groups excluding carboxylic acids is 2. The molecule has 0 aromatic heterocycles. The van der Waals surface area contributed by atoms with Gasteiger partial charge in [0.2, 0.25) is 0 Å². The normalized spacial score (nSPS) is 13.1. The van der Waals surface area contributed by atoms with Crippen LogP contribution in [0, 0.1) is 0 Å². The molecule has 272 valence electrons. The van der Waals surface area contributed by atoms with Crippen molar-refractivity contribution in [3.63, 3.8) is 0 Å². The van der Waals surface area contributed by atoms with Crippen LogP contribution in [0.15, 0.2) is 85.1 Å². The van der Waals surface area contributed by atoms with Crippen LogP contribution in [0.4, 0.5) is 0 Å². The molecule has 5 heteroatoms. The van der Waals surface area contributed by atoms with Gasteiger partial charge in [-0.05, 0) is 83.5 Å². The van der Waals surface area contributed by atoms with Crippen molar-refractivity contribution in [3.05, 3.63) is 85.1 Å². The molecule has 0 saturated carbocycles. The van der Waals surface area contributed by atoms with Gasteiger partial charge < -0.3 is 14.6 Å². The molecule has 0 spiro atoms. The van der Waals surface area contributed by atoms with Crippen molar-refractivity contribution in [3.8, 4) is 0 Å². The fourth-order valence-corrected chi connectivity index (χ4v) is 4.68. The Bertz CT molecular complexity index is 937. The molecule has 1 atom stereocenters. The predicted octanol–water partition coefficient (Wildman–Crippen LogP) is 11.9. The van der Waals surface area contributed by atoms with Gasteiger partial charge in [-0.15, -0.1) is 0 Å². The standard InChI is InChI=1S/C43H70O5/c1-3-5-7-9-11-13-15-17-19-21-23-25-27-29-31-33-35-37-42(45)47-39-41(44)40-48-43(46)38-36-34-32-30-28-26-24-22-20-18-16-14-12-10-8-6-4-2/h11,13,17-20,23-26,29-32,41,44H,3-10,12,14-16,21-22,27-28,33-40H2,1-2H3/b13-11-,19-17-,20-18-,25-23-,26-24-,31-29-,32-30-/t41-/m0/s1. The third-order valence-electron chi connectivity index (χ3n) is 7.60. The second kappa shape index (κ2) is 38.5. The molecule has 48 heavy (non-hydrogen) atoms. The zero-order valence-electron chi connectivity index (χ0n) is 30.7. The Morgan fingerprint density at radius 1 is 0.438 bits per heavy atom. The molecular weight excluding hydrogens is 596 g/mol. The van der Waals surface area contributed by atoms with Gasteiger partial charge in [0.1, 0.15) is 19.3 Å². The van der Waals surface area contributed by atoms with Crippen LogP contribution in [0.2, 0.25) is 0 Å². The van der Waals surface area contributed by atoms with Gasteiger partial charge in [-0.3, -0.25) is 9.59 Å². The first kappa shape index (κ1) is 45.1. The van der Waals surface area contributed by atoms with E-state index in [0.29, 0.717) is 25.7 Å². The number of rotatable bonds is 33. The summed E-state index contributed by atoms with van der Waals surface area (Å²) in [5.74, 6) is -0.696. The van der Waals surface area contributed by atoms with Crippen molar-refractivity contribution < 1.29 is 24.2 Å². The summed E-state index contributed by atoms with van der Waals surface area (Å²) >= 11 is 0. The van der Waals surface area contributed by atoms with Crippen LogP contribution >= 0.6 is 0 Å². The number of esters is 2. The molecule has 0 aliphatic rings. The molecule has 0 radical (unpaired) electrons. The van der Waals surface area contributed by atoms with E-state index in [9.17, 15) is 14.7 Å². The van der Waals surface area contributed by atoms with Gasteiger partial charge in [0.15, 0.2) is 0 Å². The molecule has 0 aromatic rings. The topological polar surface area (TPSA) is 72.8 Å². The molecule has 0 unspecified atom stereocenters. The van der Waals surface area contributed by atoms with Gasteiger partial charge in [0.25, 0.3) is 0 Å². The van der Waals surface area contributed by atoms with Crippen molar-refractivity contribution in [2.75, 3.05) is 13.2 Å². The fraction of sp³-hybridized carbons (Fsp3) is 0.628. The first-order valence-electron chi connectivity index (χ1n) is 19.1. The van der Waals surface area contributed by atoms with Crippen LogP contribution in [0.5, 0.6) is 0 Å². The lowest BCUT2D eigenvalue weighted by Crippen LogP contribution is -2.25. The number of hydrogen-bond acceptors (Lipinski definition) is 5. The molecule has 0 aliphatic carbocycles. The van der Waals surface area contributed by atoms with E-state index in [-0.39, 0.29) is 25.2 Å². The minimum Gasteiger partial charge on any atom is -0.463 e. The van der Waals surface area contributed by atoms with E-state index in [4.69, 9.17) is 9.47 Å². The van der Waals surface area contributed by atoms with Gasteiger partial charge in [-0.25, -0.2) is 0 Å². The third kappa shape index (κ3) is 37.5. The monoisotopic (exact) mass is 667 g/mol. The highest BCUT2D eigenvalue weighted by molar-refractivity contribution is 5.69. The first-order chi connectivity index (χ1) is 23.6. The number of allylic oxidation sites excluding steroid dienone is 14. The van der Waals surface area contributed by atoms with Crippen molar-refractivity contribution in [1.82, 2.24) is 0 Å². The highest BCUT2D eigenvalue weighted by Crippen LogP contribution is 2.08. The zero-order valence-corrected chi connectivity index (χ0v) is 30.7. The predicted molar refractivity (Wildman–Crippen MR) is 205 cm³/mol. The van der Waals surface area contributed by atoms with Gasteiger partial charge >= 0.3 is 11.9 Å². The largest absolute Gasteiger partial charge is 0.463 e. The minimum absolute atomic E-state index is 0.164. The van der Waals surface area contributed by atoms with E-state index in [0.717, 1.165) is 44.9 Å². The zero-order chi connectivity index (χ0) is 35.0. The van der Waals surface area contributed by atoms with Gasteiger partial charge in [0, 0.05) is 12.8 Å². The van der Waals surface area contributed by atoms with E-state index in [1.165, 1.54) is 70.6 Å². The maximum absolute atomic E-state index is 11.9. The smallest absolute Gasteiger partial charge is 0.305 e. The number of carbonyl (C=O) groups is 2. The molecule has 0 aliphatic heterocycles. The molecule has 0 bridgehead atoms. The summed E-state index contributed by atoms with van der Waals surface area (Å²) in [4.78, 5) is 23.9. The lowest BCUT2D eigenvalue weighted by atomic mass is 10.1. The van der Waals surface area contributed by atoms with Gasteiger partial charge in [0.05, 0.1) is 0 Å². The number of ether oxygens (including phenoxy) is 2. The lowest BCUT2D eigenvalue weighted by molar-refractivity contribution is -0.152. The average Bonchev–Trinajstić information content (AvgIpc) is 3.09. The van der Waals surface area contributed by atoms with Crippen molar-refractivity contribution in [1.29, 1.82) is 0 Å². The first-order valence-corrected chi connectivity index (χ1v) is 19.1. The van der Waals surface area contributed by atoms with Crippen LogP contribution < -0.4 is 0 Å². The highest BCUT2D eigenvalue weighted by atomic mass is 16.6. The summed E-state index contributed by atoms with van der Waals surface area (Å²) in [5, 5.41) is 9.99. The van der Waals surface area contributed by atoms with Crippen LogP contribution in [0.3, 0.4) is 0 Å². The number of aliphatic hydroxyl groups excluding tert-OH is 1. The van der Waals surface area contributed by atoms with Crippen LogP contribution in [-0.2, 0) is 19.1 Å². The maximum Gasteiger partial charge on any atom is 0.305 e. The second-order valence-electron chi connectivity index (χ2n) is 12.3. The minimum atomic E-state index is -1.01. The molecule has 0 fully saturated rings. The Hall–Kier alpha value is -2.92. The third-order valence-corrected chi connectivity index (χ3v) is 7.60. The lowest BCUT2D eigenvalue weighted by Gasteiger charge is -2.11. The summed E-state index contributed by atoms with van der Waals surface area (Å²) in [6, 6.07) is 0. The molecule has 0 amide bonds. The van der Waals surface area contributed by atoms with Crippen molar-refractivity contribution in [2.24, 2.45) is 0 Å². The van der Waals surface area contributed by atoms with E-state index < -0.39 is 6.10 Å². The molecule has 5 nitrogen and oxygen atoms in total.